The Bertz CT molecular complexity index is 442. The Labute approximate surface area is 113 Å². The summed E-state index contributed by atoms with van der Waals surface area (Å²) in [6.07, 6.45) is 3.81. The van der Waals surface area contributed by atoms with E-state index in [1.165, 1.54) is 31.4 Å². The zero-order valence-corrected chi connectivity index (χ0v) is 11.1. The average Bonchev–Trinajstić information content (AvgIpc) is 2.43. The van der Waals surface area contributed by atoms with Gasteiger partial charge in [0.15, 0.2) is 0 Å². The van der Waals surface area contributed by atoms with Gasteiger partial charge in [-0.1, -0.05) is 6.42 Å². The molecule has 1 aliphatic rings. The van der Waals surface area contributed by atoms with Crippen molar-refractivity contribution in [2.24, 2.45) is 0 Å². The monoisotopic (exact) mass is 263 g/mol. The number of nitrogen functional groups attached to an aromatic ring is 1. The molecule has 0 spiro atoms. The second-order valence-corrected chi connectivity index (χ2v) is 4.93. The molecule has 104 valence electrons. The number of rotatable bonds is 4. The summed E-state index contributed by atoms with van der Waals surface area (Å²) in [5.74, 6) is -0.226. The fraction of sp³-hybridized carbons (Fsp3) is 0.500. The van der Waals surface area contributed by atoms with Crippen molar-refractivity contribution in [3.8, 4) is 5.75 Å². The molecule has 1 amide bonds. The smallest absolute Gasteiger partial charge is 0.251 e. The highest BCUT2D eigenvalue weighted by Gasteiger charge is 2.11. The Morgan fingerprint density at radius 3 is 2.74 bits per heavy atom. The van der Waals surface area contributed by atoms with E-state index in [4.69, 9.17) is 5.73 Å². The van der Waals surface area contributed by atoms with Gasteiger partial charge in [-0.25, -0.2) is 0 Å². The molecule has 0 aliphatic carbocycles. The number of amides is 1. The van der Waals surface area contributed by atoms with E-state index in [1.54, 1.807) is 6.07 Å². The van der Waals surface area contributed by atoms with Crippen molar-refractivity contribution in [2.45, 2.75) is 19.3 Å². The number of hydrogen-bond donors (Lipinski definition) is 3. The van der Waals surface area contributed by atoms with Crippen molar-refractivity contribution in [1.29, 1.82) is 0 Å². The van der Waals surface area contributed by atoms with E-state index in [-0.39, 0.29) is 17.3 Å². The number of phenols is 1. The van der Waals surface area contributed by atoms with Crippen LogP contribution in [0.4, 0.5) is 5.69 Å². The van der Waals surface area contributed by atoms with Gasteiger partial charge in [0.05, 0.1) is 5.69 Å². The molecule has 0 atom stereocenters. The van der Waals surface area contributed by atoms with Gasteiger partial charge in [0, 0.05) is 18.7 Å². The highest BCUT2D eigenvalue weighted by Crippen LogP contribution is 2.20. The third-order valence-corrected chi connectivity index (χ3v) is 3.45. The second kappa shape index (κ2) is 6.43. The van der Waals surface area contributed by atoms with Crippen LogP contribution in [-0.4, -0.2) is 42.1 Å². The van der Waals surface area contributed by atoms with E-state index in [1.807, 2.05) is 0 Å². The first-order valence-corrected chi connectivity index (χ1v) is 6.76. The fourth-order valence-corrected chi connectivity index (χ4v) is 2.30. The lowest BCUT2D eigenvalue weighted by atomic mass is 10.1. The zero-order chi connectivity index (χ0) is 13.7. The molecule has 1 aliphatic heterocycles. The van der Waals surface area contributed by atoms with Gasteiger partial charge in [-0.3, -0.25) is 4.79 Å². The van der Waals surface area contributed by atoms with Crippen LogP contribution in [0.25, 0.3) is 0 Å². The number of phenolic OH excluding ortho intramolecular Hbond substituents is 1. The number of carbonyl (C=O) groups excluding carboxylic acids is 1. The predicted molar refractivity (Wildman–Crippen MR) is 75.1 cm³/mol. The lowest BCUT2D eigenvalue weighted by Gasteiger charge is -2.26. The van der Waals surface area contributed by atoms with E-state index in [0.717, 1.165) is 19.6 Å². The van der Waals surface area contributed by atoms with Gasteiger partial charge in [-0.2, -0.15) is 0 Å². The molecule has 1 saturated heterocycles. The second-order valence-electron chi connectivity index (χ2n) is 4.93. The molecule has 19 heavy (non-hydrogen) atoms. The third kappa shape index (κ3) is 3.86. The standard InChI is InChI=1S/C14H21N3O2/c15-12-5-4-11(10-13(12)18)14(19)16-6-9-17-7-2-1-3-8-17/h4-5,10,18H,1-3,6-9,15H2,(H,16,19). The normalized spacial score (nSPS) is 16.2. The van der Waals surface area contributed by atoms with Gasteiger partial charge < -0.3 is 21.1 Å². The molecule has 0 radical (unpaired) electrons. The number of likely N-dealkylation sites (tertiary alicyclic amines) is 1. The van der Waals surface area contributed by atoms with Gasteiger partial charge in [-0.15, -0.1) is 0 Å². The summed E-state index contributed by atoms with van der Waals surface area (Å²) in [4.78, 5) is 14.2. The number of anilines is 1. The van der Waals surface area contributed by atoms with E-state index in [0.29, 0.717) is 12.1 Å². The SMILES string of the molecule is Nc1ccc(C(=O)NCCN2CCCCC2)cc1O. The minimum atomic E-state index is -0.174. The van der Waals surface area contributed by atoms with Crippen molar-refractivity contribution in [3.63, 3.8) is 0 Å². The summed E-state index contributed by atoms with van der Waals surface area (Å²) in [5, 5.41) is 12.3. The molecule has 1 heterocycles. The van der Waals surface area contributed by atoms with E-state index >= 15 is 0 Å². The molecule has 1 aromatic carbocycles. The molecule has 2 rings (SSSR count). The lowest BCUT2D eigenvalue weighted by molar-refractivity contribution is 0.0946. The summed E-state index contributed by atoms with van der Waals surface area (Å²) < 4.78 is 0. The number of nitrogens with one attached hydrogen (secondary N) is 1. The Hall–Kier alpha value is -1.75. The Morgan fingerprint density at radius 2 is 2.05 bits per heavy atom. The van der Waals surface area contributed by atoms with Crippen molar-refractivity contribution in [1.82, 2.24) is 10.2 Å². The van der Waals surface area contributed by atoms with E-state index in [9.17, 15) is 9.90 Å². The minimum Gasteiger partial charge on any atom is -0.506 e. The summed E-state index contributed by atoms with van der Waals surface area (Å²) in [6, 6.07) is 4.55. The number of carbonyl (C=O) groups is 1. The minimum absolute atomic E-state index is 0.0521. The first kappa shape index (κ1) is 13.7. The van der Waals surface area contributed by atoms with Crippen molar-refractivity contribution >= 4 is 11.6 Å². The number of nitrogens with two attached hydrogens (primary N) is 1. The number of hydrogen-bond acceptors (Lipinski definition) is 4. The molecule has 1 fully saturated rings. The molecule has 1 aromatic rings. The summed E-state index contributed by atoms with van der Waals surface area (Å²) in [7, 11) is 0. The Balaban J connectivity index is 1.78. The van der Waals surface area contributed by atoms with Gasteiger partial charge in [0.2, 0.25) is 0 Å². The van der Waals surface area contributed by atoms with Crippen molar-refractivity contribution < 1.29 is 9.90 Å². The number of benzene rings is 1. The zero-order valence-electron chi connectivity index (χ0n) is 11.1. The van der Waals surface area contributed by atoms with Gasteiger partial charge in [0.25, 0.3) is 5.91 Å². The quantitative estimate of drug-likeness (QED) is 0.563. The molecule has 0 unspecified atom stereocenters. The predicted octanol–water partition coefficient (Wildman–Crippen LogP) is 1.19. The number of aromatic hydroxyl groups is 1. The molecule has 4 N–H and O–H groups in total. The Morgan fingerprint density at radius 1 is 1.32 bits per heavy atom. The van der Waals surface area contributed by atoms with Crippen LogP contribution in [0.3, 0.4) is 0 Å². The van der Waals surface area contributed by atoms with Crippen LogP contribution in [-0.2, 0) is 0 Å². The third-order valence-electron chi connectivity index (χ3n) is 3.45. The highest BCUT2D eigenvalue weighted by molar-refractivity contribution is 5.95. The van der Waals surface area contributed by atoms with Crippen molar-refractivity contribution in [2.75, 3.05) is 31.9 Å². The van der Waals surface area contributed by atoms with E-state index in [2.05, 4.69) is 10.2 Å². The molecule has 5 heteroatoms. The number of piperidine rings is 1. The average molecular weight is 263 g/mol. The first-order chi connectivity index (χ1) is 9.16. The van der Waals surface area contributed by atoms with Crippen LogP contribution in [0.1, 0.15) is 29.6 Å². The molecular formula is C14H21N3O2. The van der Waals surface area contributed by atoms with Crippen LogP contribution < -0.4 is 11.1 Å². The van der Waals surface area contributed by atoms with E-state index < -0.39 is 0 Å². The van der Waals surface area contributed by atoms with Gasteiger partial charge >= 0.3 is 0 Å². The summed E-state index contributed by atoms with van der Waals surface area (Å²) in [5.41, 5.74) is 6.22. The molecule has 0 bridgehead atoms. The van der Waals surface area contributed by atoms with Crippen molar-refractivity contribution in [3.05, 3.63) is 23.8 Å². The summed E-state index contributed by atoms with van der Waals surface area (Å²) >= 11 is 0. The summed E-state index contributed by atoms with van der Waals surface area (Å²) in [6.45, 7) is 3.76. The molecule has 0 saturated carbocycles. The topological polar surface area (TPSA) is 78.6 Å². The Kier molecular flexibility index (Phi) is 4.63. The maximum absolute atomic E-state index is 11.9. The van der Waals surface area contributed by atoms with Crippen LogP contribution in [0.2, 0.25) is 0 Å². The number of nitrogens with zero attached hydrogens (tertiary/aromatic N) is 1. The lowest BCUT2D eigenvalue weighted by Crippen LogP contribution is -2.37. The largest absolute Gasteiger partial charge is 0.506 e. The maximum Gasteiger partial charge on any atom is 0.251 e. The molecular weight excluding hydrogens is 242 g/mol. The maximum atomic E-state index is 11.9. The van der Waals surface area contributed by atoms with Crippen LogP contribution in [0.15, 0.2) is 18.2 Å². The van der Waals surface area contributed by atoms with Crippen LogP contribution in [0.5, 0.6) is 5.75 Å². The highest BCUT2D eigenvalue weighted by atomic mass is 16.3. The van der Waals surface area contributed by atoms with Gasteiger partial charge in [-0.05, 0) is 44.1 Å². The first-order valence-electron chi connectivity index (χ1n) is 6.76. The van der Waals surface area contributed by atoms with Crippen LogP contribution in [0, 0.1) is 0 Å². The molecule has 5 nitrogen and oxygen atoms in total. The fourth-order valence-electron chi connectivity index (χ4n) is 2.30. The molecule has 0 aromatic heterocycles. The van der Waals surface area contributed by atoms with Gasteiger partial charge in [0.1, 0.15) is 5.75 Å². The van der Waals surface area contributed by atoms with Crippen LogP contribution >= 0.6 is 0 Å².